The first-order valence-electron chi connectivity index (χ1n) is 4.38. The average molecular weight is 197 g/mol. The number of aromatic amines is 1. The summed E-state index contributed by atoms with van der Waals surface area (Å²) in [4.78, 5) is 15.9. The molecule has 4 N–H and O–H groups in total. The van der Waals surface area contributed by atoms with Crippen LogP contribution in [0.1, 0.15) is 17.4 Å². The molecule has 1 heterocycles. The van der Waals surface area contributed by atoms with E-state index in [2.05, 4.69) is 4.98 Å². The second-order valence-corrected chi connectivity index (χ2v) is 3.29. The molecule has 0 aliphatic carbocycles. The zero-order chi connectivity index (χ0) is 10.7. The predicted molar refractivity (Wildman–Crippen MR) is 53.8 cm³/mol. The molecule has 0 saturated carbocycles. The molecule has 5 nitrogen and oxygen atoms in total. The van der Waals surface area contributed by atoms with E-state index in [1.807, 2.05) is 0 Å². The van der Waals surface area contributed by atoms with Crippen molar-refractivity contribution in [1.29, 1.82) is 0 Å². The van der Waals surface area contributed by atoms with Gasteiger partial charge in [0.2, 0.25) is 0 Å². The molecule has 0 aliphatic heterocycles. The molecule has 14 heavy (non-hydrogen) atoms. The van der Waals surface area contributed by atoms with Gasteiger partial charge < -0.3 is 20.7 Å². The number of nitrogen functional groups attached to an aromatic ring is 1. The van der Waals surface area contributed by atoms with Gasteiger partial charge in [-0.3, -0.25) is 4.79 Å². The minimum atomic E-state index is -0.202. The van der Waals surface area contributed by atoms with Crippen molar-refractivity contribution < 1.29 is 9.90 Å². The van der Waals surface area contributed by atoms with Gasteiger partial charge in [-0.05, 0) is 13.0 Å². The van der Waals surface area contributed by atoms with Crippen molar-refractivity contribution >= 4 is 11.6 Å². The van der Waals surface area contributed by atoms with E-state index in [0.29, 0.717) is 11.4 Å². The summed E-state index contributed by atoms with van der Waals surface area (Å²) in [5.41, 5.74) is 6.44. The summed E-state index contributed by atoms with van der Waals surface area (Å²) in [5, 5.41) is 8.88. The Hall–Kier alpha value is -1.49. The number of anilines is 1. The van der Waals surface area contributed by atoms with Crippen molar-refractivity contribution in [3.05, 3.63) is 18.0 Å². The molecule has 0 spiro atoms. The Morgan fingerprint density at radius 1 is 1.79 bits per heavy atom. The van der Waals surface area contributed by atoms with Crippen LogP contribution in [0.2, 0.25) is 0 Å². The summed E-state index contributed by atoms with van der Waals surface area (Å²) in [7, 11) is 1.64. The fraction of sp³-hybridized carbons (Fsp3) is 0.444. The highest BCUT2D eigenvalue weighted by Crippen LogP contribution is 2.08. The van der Waals surface area contributed by atoms with E-state index in [9.17, 15) is 4.79 Å². The lowest BCUT2D eigenvalue weighted by atomic mass is 10.3. The van der Waals surface area contributed by atoms with Crippen LogP contribution < -0.4 is 5.73 Å². The highest BCUT2D eigenvalue weighted by molar-refractivity contribution is 5.93. The lowest BCUT2D eigenvalue weighted by molar-refractivity contribution is 0.0677. The quantitative estimate of drug-likeness (QED) is 0.640. The van der Waals surface area contributed by atoms with E-state index in [4.69, 9.17) is 10.8 Å². The van der Waals surface area contributed by atoms with E-state index >= 15 is 0 Å². The third-order valence-electron chi connectivity index (χ3n) is 2.18. The number of aromatic nitrogens is 1. The molecule has 0 aromatic carbocycles. The Balaban J connectivity index is 2.75. The summed E-state index contributed by atoms with van der Waals surface area (Å²) in [6, 6.07) is 1.37. The number of nitrogens with zero attached hydrogens (tertiary/aromatic N) is 1. The number of H-pyrrole nitrogens is 1. The number of aliphatic hydroxyl groups excluding tert-OH is 1. The lowest BCUT2D eigenvalue weighted by Gasteiger charge is -2.22. The topological polar surface area (TPSA) is 82.3 Å². The van der Waals surface area contributed by atoms with Gasteiger partial charge in [-0.25, -0.2) is 0 Å². The lowest BCUT2D eigenvalue weighted by Crippen LogP contribution is -2.37. The third-order valence-corrected chi connectivity index (χ3v) is 2.18. The van der Waals surface area contributed by atoms with Crippen LogP contribution in [0.4, 0.5) is 5.69 Å². The van der Waals surface area contributed by atoms with Crippen LogP contribution in [0.5, 0.6) is 0 Å². The molecule has 0 fully saturated rings. The molecule has 1 aromatic heterocycles. The van der Waals surface area contributed by atoms with Crippen molar-refractivity contribution in [2.75, 3.05) is 19.4 Å². The Morgan fingerprint density at radius 3 is 2.86 bits per heavy atom. The molecule has 0 bridgehead atoms. The van der Waals surface area contributed by atoms with Crippen LogP contribution in [0, 0.1) is 0 Å². The van der Waals surface area contributed by atoms with Gasteiger partial charge in [0.15, 0.2) is 0 Å². The van der Waals surface area contributed by atoms with Gasteiger partial charge in [-0.2, -0.15) is 0 Å². The van der Waals surface area contributed by atoms with Gasteiger partial charge >= 0.3 is 0 Å². The maximum absolute atomic E-state index is 11.7. The molecule has 1 rings (SSSR count). The molecule has 0 saturated heterocycles. The minimum absolute atomic E-state index is 0.0571. The second-order valence-electron chi connectivity index (χ2n) is 3.29. The molecule has 1 unspecified atom stereocenters. The first kappa shape index (κ1) is 10.6. The standard InChI is InChI=1S/C9H15N3O2/c1-6(5-13)12(2)9(14)8-3-7(10)4-11-8/h3-4,6,11,13H,5,10H2,1-2H3. The number of amides is 1. The number of nitrogens with one attached hydrogen (secondary N) is 1. The molecule has 1 atom stereocenters. The fourth-order valence-electron chi connectivity index (χ4n) is 1.05. The van der Waals surface area contributed by atoms with E-state index in [-0.39, 0.29) is 18.6 Å². The predicted octanol–water partition coefficient (Wildman–Crippen LogP) is 0.0497. The fourth-order valence-corrected chi connectivity index (χ4v) is 1.05. The molecular weight excluding hydrogens is 182 g/mol. The molecule has 1 aromatic rings. The monoisotopic (exact) mass is 197 g/mol. The Labute approximate surface area is 82.5 Å². The average Bonchev–Trinajstić information content (AvgIpc) is 2.61. The number of hydrogen-bond donors (Lipinski definition) is 3. The number of aliphatic hydroxyl groups is 1. The summed E-state index contributed by atoms with van der Waals surface area (Å²) in [6.45, 7) is 1.71. The molecular formula is C9H15N3O2. The van der Waals surface area contributed by atoms with Crippen molar-refractivity contribution in [1.82, 2.24) is 9.88 Å². The first-order valence-corrected chi connectivity index (χ1v) is 4.38. The number of carbonyl (C=O) groups is 1. The van der Waals surface area contributed by atoms with Crippen molar-refractivity contribution in [3.8, 4) is 0 Å². The number of hydrogen-bond acceptors (Lipinski definition) is 3. The Bertz CT molecular complexity index is 322. The molecule has 78 valence electrons. The number of carbonyl (C=O) groups excluding carboxylic acids is 1. The van der Waals surface area contributed by atoms with Crippen molar-refractivity contribution in [2.45, 2.75) is 13.0 Å². The van der Waals surface area contributed by atoms with Gasteiger partial charge in [0.1, 0.15) is 5.69 Å². The van der Waals surface area contributed by atoms with Crippen LogP contribution in [-0.2, 0) is 0 Å². The number of likely N-dealkylation sites (N-methyl/N-ethyl adjacent to an activating group) is 1. The van der Waals surface area contributed by atoms with Gasteiger partial charge in [-0.15, -0.1) is 0 Å². The summed E-state index contributed by atoms with van der Waals surface area (Å²) in [5.74, 6) is -0.178. The second kappa shape index (κ2) is 4.15. The third kappa shape index (κ3) is 2.05. The maximum atomic E-state index is 11.7. The highest BCUT2D eigenvalue weighted by Gasteiger charge is 2.17. The van der Waals surface area contributed by atoms with Crippen molar-refractivity contribution in [3.63, 3.8) is 0 Å². The van der Waals surface area contributed by atoms with E-state index in [1.165, 1.54) is 4.90 Å². The molecule has 5 heteroatoms. The zero-order valence-corrected chi connectivity index (χ0v) is 8.32. The van der Waals surface area contributed by atoms with E-state index < -0.39 is 0 Å². The van der Waals surface area contributed by atoms with Crippen LogP contribution in [0.15, 0.2) is 12.3 Å². The smallest absolute Gasteiger partial charge is 0.270 e. The number of rotatable bonds is 3. The summed E-state index contributed by atoms with van der Waals surface area (Å²) >= 11 is 0. The van der Waals surface area contributed by atoms with Crippen LogP contribution in [-0.4, -0.2) is 40.6 Å². The van der Waals surface area contributed by atoms with Gasteiger partial charge in [0.05, 0.1) is 12.6 Å². The van der Waals surface area contributed by atoms with Gasteiger partial charge in [0.25, 0.3) is 5.91 Å². The van der Waals surface area contributed by atoms with Crippen LogP contribution in [0.3, 0.4) is 0 Å². The Morgan fingerprint density at radius 2 is 2.43 bits per heavy atom. The molecule has 0 aliphatic rings. The number of nitrogens with two attached hydrogens (primary N) is 1. The van der Waals surface area contributed by atoms with Gasteiger partial charge in [-0.1, -0.05) is 0 Å². The van der Waals surface area contributed by atoms with E-state index in [0.717, 1.165) is 0 Å². The van der Waals surface area contributed by atoms with Crippen LogP contribution in [0.25, 0.3) is 0 Å². The van der Waals surface area contributed by atoms with Gasteiger partial charge in [0, 0.05) is 18.9 Å². The SMILES string of the molecule is CC(CO)N(C)C(=O)c1cc(N)c[nH]1. The van der Waals surface area contributed by atoms with Crippen molar-refractivity contribution in [2.24, 2.45) is 0 Å². The molecule has 1 amide bonds. The normalized spacial score (nSPS) is 12.5. The Kier molecular flexibility index (Phi) is 3.14. The zero-order valence-electron chi connectivity index (χ0n) is 8.32. The molecule has 0 radical (unpaired) electrons. The largest absolute Gasteiger partial charge is 0.397 e. The van der Waals surface area contributed by atoms with E-state index in [1.54, 1.807) is 26.2 Å². The minimum Gasteiger partial charge on any atom is -0.397 e. The summed E-state index contributed by atoms with van der Waals surface area (Å²) < 4.78 is 0. The maximum Gasteiger partial charge on any atom is 0.270 e. The van der Waals surface area contributed by atoms with Crippen LogP contribution >= 0.6 is 0 Å². The summed E-state index contributed by atoms with van der Waals surface area (Å²) in [6.07, 6.45) is 1.56. The highest BCUT2D eigenvalue weighted by atomic mass is 16.3. The first-order chi connectivity index (χ1) is 6.56.